The lowest BCUT2D eigenvalue weighted by Crippen LogP contribution is -2.21. The summed E-state index contributed by atoms with van der Waals surface area (Å²) in [5, 5.41) is 0. The molecule has 0 radical (unpaired) electrons. The third kappa shape index (κ3) is 5.60. The highest BCUT2D eigenvalue weighted by Crippen LogP contribution is 2.15. The topological polar surface area (TPSA) is 35.2 Å². The second-order valence-electron chi connectivity index (χ2n) is 5.46. The van der Waals surface area contributed by atoms with Crippen molar-refractivity contribution in [3.05, 3.63) is 65.7 Å². The Morgan fingerprint density at radius 3 is 2.52 bits per heavy atom. The second kappa shape index (κ2) is 8.48. The molecular weight excluding hydrogens is 258 g/mol. The van der Waals surface area contributed by atoms with Crippen molar-refractivity contribution in [1.29, 1.82) is 0 Å². The van der Waals surface area contributed by atoms with Gasteiger partial charge < -0.3 is 10.5 Å². The predicted molar refractivity (Wildman–Crippen MR) is 88.7 cm³/mol. The molecule has 0 bridgehead atoms. The Balaban J connectivity index is 1.76. The van der Waals surface area contributed by atoms with Gasteiger partial charge >= 0.3 is 0 Å². The third-order valence-electron chi connectivity index (χ3n) is 3.64. The van der Waals surface area contributed by atoms with Crippen molar-refractivity contribution >= 4 is 0 Å². The van der Waals surface area contributed by atoms with E-state index < -0.39 is 0 Å². The summed E-state index contributed by atoms with van der Waals surface area (Å²) in [6, 6.07) is 19.1. The highest BCUT2D eigenvalue weighted by molar-refractivity contribution is 5.29. The fourth-order valence-electron chi connectivity index (χ4n) is 2.32. The molecule has 0 heterocycles. The van der Waals surface area contributed by atoms with E-state index in [1.54, 1.807) is 0 Å². The average molecular weight is 283 g/mol. The molecule has 112 valence electrons. The van der Waals surface area contributed by atoms with Crippen LogP contribution in [0.15, 0.2) is 54.6 Å². The Kier molecular flexibility index (Phi) is 6.29. The van der Waals surface area contributed by atoms with Crippen LogP contribution < -0.4 is 10.5 Å². The summed E-state index contributed by atoms with van der Waals surface area (Å²) in [5.74, 6) is 0.948. The molecule has 2 rings (SSSR count). The quantitative estimate of drug-likeness (QED) is 0.744. The Hall–Kier alpha value is -1.80. The van der Waals surface area contributed by atoms with Crippen molar-refractivity contribution in [3.8, 4) is 5.75 Å². The van der Waals surface area contributed by atoms with E-state index in [4.69, 9.17) is 10.5 Å². The minimum Gasteiger partial charge on any atom is -0.494 e. The van der Waals surface area contributed by atoms with Gasteiger partial charge in [-0.1, -0.05) is 49.4 Å². The number of hydrogen-bond donors (Lipinski definition) is 1. The van der Waals surface area contributed by atoms with Gasteiger partial charge in [-0.05, 0) is 48.9 Å². The van der Waals surface area contributed by atoms with E-state index in [0.717, 1.165) is 38.0 Å². The van der Waals surface area contributed by atoms with Gasteiger partial charge in [0.25, 0.3) is 0 Å². The molecule has 0 amide bonds. The summed E-state index contributed by atoms with van der Waals surface area (Å²) in [4.78, 5) is 0. The first kappa shape index (κ1) is 15.6. The van der Waals surface area contributed by atoms with Crippen LogP contribution in [0.5, 0.6) is 5.75 Å². The molecule has 0 saturated heterocycles. The van der Waals surface area contributed by atoms with Crippen molar-refractivity contribution in [1.82, 2.24) is 0 Å². The summed E-state index contributed by atoms with van der Waals surface area (Å²) in [5.41, 5.74) is 8.62. The van der Waals surface area contributed by atoms with Crippen molar-refractivity contribution < 1.29 is 4.74 Å². The fraction of sp³-hybridized carbons (Fsp3) is 0.368. The average Bonchev–Trinajstić information content (AvgIpc) is 2.53. The van der Waals surface area contributed by atoms with Crippen molar-refractivity contribution in [3.63, 3.8) is 0 Å². The summed E-state index contributed by atoms with van der Waals surface area (Å²) in [7, 11) is 0. The standard InChI is InChI=1S/C19H25NO/c1-2-18(20)14-17-10-6-12-19(15-17)21-13-7-11-16-8-4-3-5-9-16/h3-6,8-10,12,15,18H,2,7,11,13-14,20H2,1H3. The van der Waals surface area contributed by atoms with Gasteiger partial charge in [-0.3, -0.25) is 0 Å². The molecule has 2 aromatic rings. The number of benzene rings is 2. The van der Waals surface area contributed by atoms with Crippen LogP contribution in [0.2, 0.25) is 0 Å². The van der Waals surface area contributed by atoms with Crippen LogP contribution in [0.1, 0.15) is 30.9 Å². The number of rotatable bonds is 8. The summed E-state index contributed by atoms with van der Waals surface area (Å²) in [6.07, 6.45) is 4.00. The highest BCUT2D eigenvalue weighted by Gasteiger charge is 2.03. The van der Waals surface area contributed by atoms with E-state index in [9.17, 15) is 0 Å². The molecule has 0 aliphatic heterocycles. The number of nitrogens with two attached hydrogens (primary N) is 1. The highest BCUT2D eigenvalue weighted by atomic mass is 16.5. The molecule has 0 aliphatic rings. The molecule has 0 spiro atoms. The molecule has 21 heavy (non-hydrogen) atoms. The van der Waals surface area contributed by atoms with Crippen molar-refractivity contribution in [2.24, 2.45) is 5.73 Å². The maximum atomic E-state index is 6.00. The first-order chi connectivity index (χ1) is 10.3. The Morgan fingerprint density at radius 1 is 1.00 bits per heavy atom. The van der Waals surface area contributed by atoms with Crippen LogP contribution in [0.25, 0.3) is 0 Å². The second-order valence-corrected chi connectivity index (χ2v) is 5.46. The molecule has 0 aromatic heterocycles. The fourth-order valence-corrected chi connectivity index (χ4v) is 2.32. The summed E-state index contributed by atoms with van der Waals surface area (Å²) < 4.78 is 5.84. The maximum Gasteiger partial charge on any atom is 0.119 e. The van der Waals surface area contributed by atoms with Crippen LogP contribution in [-0.4, -0.2) is 12.6 Å². The molecule has 0 fully saturated rings. The van der Waals surface area contributed by atoms with Crippen LogP contribution in [0.4, 0.5) is 0 Å². The lowest BCUT2D eigenvalue weighted by atomic mass is 10.0. The minimum absolute atomic E-state index is 0.235. The van der Waals surface area contributed by atoms with E-state index in [1.165, 1.54) is 11.1 Å². The van der Waals surface area contributed by atoms with Gasteiger partial charge in [0.15, 0.2) is 0 Å². The summed E-state index contributed by atoms with van der Waals surface area (Å²) >= 11 is 0. The lowest BCUT2D eigenvalue weighted by molar-refractivity contribution is 0.310. The van der Waals surface area contributed by atoms with Crippen LogP contribution in [0, 0.1) is 0 Å². The Bertz CT molecular complexity index is 524. The third-order valence-corrected chi connectivity index (χ3v) is 3.64. The molecule has 1 atom stereocenters. The van der Waals surface area contributed by atoms with E-state index in [1.807, 2.05) is 18.2 Å². The van der Waals surface area contributed by atoms with Gasteiger partial charge in [-0.25, -0.2) is 0 Å². The minimum atomic E-state index is 0.235. The maximum absolute atomic E-state index is 6.00. The van der Waals surface area contributed by atoms with Gasteiger partial charge in [0.1, 0.15) is 5.75 Å². The first-order valence-corrected chi connectivity index (χ1v) is 7.79. The van der Waals surface area contributed by atoms with Crippen molar-refractivity contribution in [2.75, 3.05) is 6.61 Å². The zero-order chi connectivity index (χ0) is 14.9. The molecule has 1 unspecified atom stereocenters. The molecule has 0 saturated carbocycles. The predicted octanol–water partition coefficient (Wildman–Crippen LogP) is 3.98. The monoisotopic (exact) mass is 283 g/mol. The molecule has 2 N–H and O–H groups in total. The molecule has 2 heteroatoms. The lowest BCUT2D eigenvalue weighted by Gasteiger charge is -2.11. The van der Waals surface area contributed by atoms with E-state index >= 15 is 0 Å². The Labute approximate surface area is 127 Å². The van der Waals surface area contributed by atoms with Gasteiger partial charge in [0, 0.05) is 6.04 Å². The van der Waals surface area contributed by atoms with Gasteiger partial charge in [-0.15, -0.1) is 0 Å². The Morgan fingerprint density at radius 2 is 1.76 bits per heavy atom. The zero-order valence-electron chi connectivity index (χ0n) is 12.8. The molecule has 2 aromatic carbocycles. The molecule has 2 nitrogen and oxygen atoms in total. The number of hydrogen-bond acceptors (Lipinski definition) is 2. The molecular formula is C19H25NO. The van der Waals surface area contributed by atoms with Gasteiger partial charge in [0.05, 0.1) is 6.61 Å². The van der Waals surface area contributed by atoms with Crippen LogP contribution in [0.3, 0.4) is 0 Å². The first-order valence-electron chi connectivity index (χ1n) is 7.79. The largest absolute Gasteiger partial charge is 0.494 e. The number of aryl methyl sites for hydroxylation is 1. The smallest absolute Gasteiger partial charge is 0.119 e. The van der Waals surface area contributed by atoms with Gasteiger partial charge in [-0.2, -0.15) is 0 Å². The number of ether oxygens (including phenoxy) is 1. The van der Waals surface area contributed by atoms with Crippen LogP contribution >= 0.6 is 0 Å². The van der Waals surface area contributed by atoms with E-state index in [-0.39, 0.29) is 6.04 Å². The van der Waals surface area contributed by atoms with Gasteiger partial charge in [0.2, 0.25) is 0 Å². The zero-order valence-corrected chi connectivity index (χ0v) is 12.8. The molecule has 0 aliphatic carbocycles. The SMILES string of the molecule is CCC(N)Cc1cccc(OCCCc2ccccc2)c1. The van der Waals surface area contributed by atoms with E-state index in [0.29, 0.717) is 0 Å². The normalized spacial score (nSPS) is 12.1. The summed E-state index contributed by atoms with van der Waals surface area (Å²) in [6.45, 7) is 2.87. The van der Waals surface area contributed by atoms with Crippen molar-refractivity contribution in [2.45, 2.75) is 38.6 Å². The van der Waals surface area contributed by atoms with Crippen LogP contribution in [-0.2, 0) is 12.8 Å². The van der Waals surface area contributed by atoms with E-state index in [2.05, 4.69) is 43.3 Å².